The zero-order valence-corrected chi connectivity index (χ0v) is 10.0. The number of nitrogens with zero attached hydrogens (tertiary/aromatic N) is 1. The molecular formula is C12H13ClN2O. The molecular weight excluding hydrogens is 224 g/mol. The highest BCUT2D eigenvalue weighted by Gasteiger charge is 2.19. The van der Waals surface area contributed by atoms with Crippen molar-refractivity contribution < 1.29 is 4.79 Å². The Morgan fingerprint density at radius 3 is 3.06 bits per heavy atom. The third-order valence-electron chi connectivity index (χ3n) is 2.85. The van der Waals surface area contributed by atoms with Crippen molar-refractivity contribution in [2.75, 3.05) is 0 Å². The smallest absolute Gasteiger partial charge is 0.167 e. The van der Waals surface area contributed by atoms with E-state index in [2.05, 4.69) is 9.97 Å². The van der Waals surface area contributed by atoms with Crippen molar-refractivity contribution in [1.29, 1.82) is 0 Å². The average Bonchev–Trinajstić information content (AvgIpc) is 2.72. The lowest BCUT2D eigenvalue weighted by molar-refractivity contribution is 0.0929. The first-order valence-corrected chi connectivity index (χ1v) is 5.68. The van der Waals surface area contributed by atoms with Gasteiger partial charge in [0.25, 0.3) is 0 Å². The highest BCUT2D eigenvalue weighted by molar-refractivity contribution is 6.36. The molecule has 0 aliphatic carbocycles. The Labute approximate surface area is 98.8 Å². The largest absolute Gasteiger partial charge is 0.345 e. The van der Waals surface area contributed by atoms with E-state index in [1.165, 1.54) is 0 Å². The Kier molecular flexibility index (Phi) is 2.97. The van der Waals surface area contributed by atoms with Crippen LogP contribution in [0.25, 0.3) is 11.0 Å². The van der Waals surface area contributed by atoms with Crippen LogP contribution >= 0.6 is 11.6 Å². The molecule has 0 saturated heterocycles. The molecule has 0 aromatic carbocycles. The first-order chi connectivity index (χ1) is 7.65. The highest BCUT2D eigenvalue weighted by atomic mass is 35.5. The summed E-state index contributed by atoms with van der Waals surface area (Å²) < 4.78 is 0. The van der Waals surface area contributed by atoms with Crippen LogP contribution in [0.3, 0.4) is 0 Å². The van der Waals surface area contributed by atoms with Gasteiger partial charge in [0.1, 0.15) is 5.65 Å². The van der Waals surface area contributed by atoms with Crippen molar-refractivity contribution in [2.45, 2.75) is 20.3 Å². The second kappa shape index (κ2) is 4.26. The summed E-state index contributed by atoms with van der Waals surface area (Å²) in [6.07, 6.45) is 4.14. The molecule has 0 radical (unpaired) electrons. The molecule has 0 fully saturated rings. The van der Waals surface area contributed by atoms with Crippen molar-refractivity contribution in [3.63, 3.8) is 0 Å². The number of aromatic amines is 1. The van der Waals surface area contributed by atoms with E-state index in [-0.39, 0.29) is 11.7 Å². The number of aromatic nitrogens is 2. The minimum absolute atomic E-state index is 0.00951. The molecule has 0 bridgehead atoms. The Bertz CT molecular complexity index is 533. The number of carbonyl (C=O) groups excluding carboxylic acids is 1. The fourth-order valence-electron chi connectivity index (χ4n) is 1.66. The van der Waals surface area contributed by atoms with Crippen LogP contribution in [0.4, 0.5) is 0 Å². The summed E-state index contributed by atoms with van der Waals surface area (Å²) in [5.74, 6) is 0.124. The molecule has 1 unspecified atom stereocenters. The van der Waals surface area contributed by atoms with Gasteiger partial charge < -0.3 is 4.98 Å². The van der Waals surface area contributed by atoms with E-state index in [0.717, 1.165) is 11.8 Å². The maximum atomic E-state index is 12.1. The van der Waals surface area contributed by atoms with Crippen LogP contribution in [0.2, 0.25) is 5.02 Å². The molecule has 16 heavy (non-hydrogen) atoms. The van der Waals surface area contributed by atoms with Gasteiger partial charge >= 0.3 is 0 Å². The normalized spacial score (nSPS) is 12.9. The van der Waals surface area contributed by atoms with Gasteiger partial charge in [-0.15, -0.1) is 0 Å². The second-order valence-electron chi connectivity index (χ2n) is 3.89. The van der Waals surface area contributed by atoms with Gasteiger partial charge in [-0.05, 0) is 12.5 Å². The van der Waals surface area contributed by atoms with Crippen molar-refractivity contribution in [3.05, 3.63) is 29.0 Å². The first-order valence-electron chi connectivity index (χ1n) is 5.31. The minimum Gasteiger partial charge on any atom is -0.345 e. The van der Waals surface area contributed by atoms with Crippen molar-refractivity contribution in [1.82, 2.24) is 9.97 Å². The molecule has 1 N–H and O–H groups in total. The van der Waals surface area contributed by atoms with E-state index < -0.39 is 0 Å². The summed E-state index contributed by atoms with van der Waals surface area (Å²) in [4.78, 5) is 19.2. The lowest BCUT2D eigenvalue weighted by Gasteiger charge is -2.06. The number of hydrogen-bond donors (Lipinski definition) is 1. The topological polar surface area (TPSA) is 45.8 Å². The maximum Gasteiger partial charge on any atom is 0.167 e. The number of carbonyl (C=O) groups is 1. The SMILES string of the molecule is CCC(C)C(=O)c1c[nH]c2nccc(Cl)c12. The van der Waals surface area contributed by atoms with Gasteiger partial charge in [-0.25, -0.2) is 4.98 Å². The zero-order valence-electron chi connectivity index (χ0n) is 9.25. The van der Waals surface area contributed by atoms with E-state index in [4.69, 9.17) is 11.6 Å². The third-order valence-corrected chi connectivity index (χ3v) is 3.16. The van der Waals surface area contributed by atoms with Crippen LogP contribution in [0.15, 0.2) is 18.5 Å². The van der Waals surface area contributed by atoms with Gasteiger partial charge in [-0.3, -0.25) is 4.79 Å². The van der Waals surface area contributed by atoms with E-state index in [9.17, 15) is 4.79 Å². The maximum absolute atomic E-state index is 12.1. The first kappa shape index (κ1) is 11.1. The molecule has 1 atom stereocenters. The number of hydrogen-bond acceptors (Lipinski definition) is 2. The van der Waals surface area contributed by atoms with Crippen molar-refractivity contribution in [3.8, 4) is 0 Å². The summed E-state index contributed by atoms with van der Waals surface area (Å²) >= 11 is 6.08. The number of fused-ring (bicyclic) bond motifs is 1. The molecule has 3 nitrogen and oxygen atoms in total. The van der Waals surface area contributed by atoms with Crippen LogP contribution in [-0.2, 0) is 0 Å². The molecule has 2 aromatic rings. The van der Waals surface area contributed by atoms with Gasteiger partial charge in [0.05, 0.1) is 5.02 Å². The number of nitrogens with one attached hydrogen (secondary N) is 1. The fourth-order valence-corrected chi connectivity index (χ4v) is 1.91. The molecule has 4 heteroatoms. The molecule has 0 aliphatic rings. The fraction of sp³-hybridized carbons (Fsp3) is 0.333. The molecule has 0 saturated carbocycles. The summed E-state index contributed by atoms with van der Waals surface area (Å²) in [6, 6.07) is 1.70. The van der Waals surface area contributed by atoms with Gasteiger partial charge in [-0.1, -0.05) is 25.4 Å². The molecule has 0 aliphatic heterocycles. The summed E-state index contributed by atoms with van der Waals surface area (Å²) in [5, 5.41) is 1.30. The molecule has 2 aromatic heterocycles. The summed E-state index contributed by atoms with van der Waals surface area (Å²) in [5.41, 5.74) is 1.31. The quantitative estimate of drug-likeness (QED) is 0.830. The van der Waals surface area contributed by atoms with Gasteiger partial charge in [0.15, 0.2) is 5.78 Å². The highest BCUT2D eigenvalue weighted by Crippen LogP contribution is 2.27. The second-order valence-corrected chi connectivity index (χ2v) is 4.30. The van der Waals surface area contributed by atoms with Gasteiger partial charge in [-0.2, -0.15) is 0 Å². The molecule has 0 spiro atoms. The molecule has 2 rings (SSSR count). The predicted molar refractivity (Wildman–Crippen MR) is 64.9 cm³/mol. The van der Waals surface area contributed by atoms with Crippen LogP contribution < -0.4 is 0 Å². The monoisotopic (exact) mass is 236 g/mol. The van der Waals surface area contributed by atoms with E-state index in [1.807, 2.05) is 13.8 Å². The molecule has 84 valence electrons. The van der Waals surface area contributed by atoms with E-state index in [0.29, 0.717) is 16.2 Å². The third kappa shape index (κ3) is 1.71. The van der Waals surface area contributed by atoms with Crippen LogP contribution in [0.5, 0.6) is 0 Å². The number of ketones is 1. The molecule has 2 heterocycles. The summed E-state index contributed by atoms with van der Waals surface area (Å²) in [7, 11) is 0. The Morgan fingerprint density at radius 2 is 2.38 bits per heavy atom. The summed E-state index contributed by atoms with van der Waals surface area (Å²) in [6.45, 7) is 3.92. The number of halogens is 1. The van der Waals surface area contributed by atoms with Gasteiger partial charge in [0.2, 0.25) is 0 Å². The van der Waals surface area contributed by atoms with Crippen LogP contribution in [0, 0.1) is 5.92 Å². The average molecular weight is 237 g/mol. The Morgan fingerprint density at radius 1 is 1.62 bits per heavy atom. The lowest BCUT2D eigenvalue weighted by atomic mass is 9.97. The van der Waals surface area contributed by atoms with Crippen LogP contribution in [-0.4, -0.2) is 15.8 Å². The van der Waals surface area contributed by atoms with E-state index in [1.54, 1.807) is 18.5 Å². The minimum atomic E-state index is 0.00951. The van der Waals surface area contributed by atoms with Crippen molar-refractivity contribution in [2.24, 2.45) is 5.92 Å². The van der Waals surface area contributed by atoms with Crippen molar-refractivity contribution >= 4 is 28.4 Å². The van der Waals surface area contributed by atoms with Gasteiger partial charge in [0, 0.05) is 29.3 Å². The van der Waals surface area contributed by atoms with E-state index >= 15 is 0 Å². The Hall–Kier alpha value is -1.35. The number of pyridine rings is 1. The number of rotatable bonds is 3. The number of H-pyrrole nitrogens is 1. The zero-order chi connectivity index (χ0) is 11.7. The van der Waals surface area contributed by atoms with Crippen LogP contribution in [0.1, 0.15) is 30.6 Å². The number of Topliss-reactive ketones (excluding diaryl/α,β-unsaturated/α-hetero) is 1. The lowest BCUT2D eigenvalue weighted by Crippen LogP contribution is -2.09. The predicted octanol–water partition coefficient (Wildman–Crippen LogP) is 3.45. The molecule has 0 amide bonds. The Balaban J connectivity index is 2.57. The standard InChI is InChI=1S/C12H13ClN2O/c1-3-7(2)11(16)8-6-15-12-10(8)9(13)4-5-14-12/h4-7H,3H2,1-2H3,(H,14,15).